The topological polar surface area (TPSA) is 86.5 Å². The van der Waals surface area contributed by atoms with Crippen LogP contribution in [0.25, 0.3) is 22.3 Å². The minimum Gasteiger partial charge on any atom is -0.489 e. The normalized spacial score (nSPS) is 14.7. The van der Waals surface area contributed by atoms with Gasteiger partial charge in [0.05, 0.1) is 12.6 Å². The van der Waals surface area contributed by atoms with Crippen molar-refractivity contribution in [1.82, 2.24) is 14.5 Å². The van der Waals surface area contributed by atoms with Gasteiger partial charge in [0.25, 0.3) is 0 Å². The predicted octanol–water partition coefficient (Wildman–Crippen LogP) is 6.69. The fourth-order valence-corrected chi connectivity index (χ4v) is 4.92. The summed E-state index contributed by atoms with van der Waals surface area (Å²) in [5, 5.41) is 9.71. The summed E-state index contributed by atoms with van der Waals surface area (Å²) in [4.78, 5) is 20.5. The lowest BCUT2D eigenvalue weighted by molar-refractivity contribution is -0.0590. The highest BCUT2D eigenvalue weighted by molar-refractivity contribution is 6.30. The van der Waals surface area contributed by atoms with Gasteiger partial charge in [0, 0.05) is 29.2 Å². The van der Waals surface area contributed by atoms with Gasteiger partial charge in [0.1, 0.15) is 35.3 Å². The Kier molecular flexibility index (Phi) is 7.38. The Bertz CT molecular complexity index is 1770. The van der Waals surface area contributed by atoms with Crippen molar-refractivity contribution >= 4 is 28.7 Å². The minimum absolute atomic E-state index is 0.00356. The number of carboxylic acids is 1. The number of carbonyl (C=O) groups is 1. The molecule has 0 bridgehead atoms. The number of hydrogen-bond donors (Lipinski definition) is 1. The van der Waals surface area contributed by atoms with Crippen LogP contribution in [0.2, 0.25) is 5.02 Å². The molecule has 1 fully saturated rings. The maximum atomic E-state index is 15.4. The van der Waals surface area contributed by atoms with E-state index in [9.17, 15) is 14.3 Å². The van der Waals surface area contributed by atoms with E-state index >= 15 is 4.39 Å². The first-order chi connectivity index (χ1) is 19.8. The summed E-state index contributed by atoms with van der Waals surface area (Å²) in [5.74, 6) is -0.879. The second-order valence-electron chi connectivity index (χ2n) is 9.81. The van der Waals surface area contributed by atoms with E-state index in [4.69, 9.17) is 21.1 Å². The van der Waals surface area contributed by atoms with E-state index in [0.717, 1.165) is 6.42 Å². The van der Waals surface area contributed by atoms with Gasteiger partial charge in [-0.05, 0) is 60.0 Å². The summed E-state index contributed by atoms with van der Waals surface area (Å²) in [6.45, 7) is 1.16. The molecule has 1 saturated heterocycles. The van der Waals surface area contributed by atoms with Crippen LogP contribution in [-0.4, -0.2) is 38.3 Å². The average molecular weight is 576 g/mol. The van der Waals surface area contributed by atoms with Gasteiger partial charge in [-0.3, -0.25) is 0 Å². The van der Waals surface area contributed by atoms with E-state index in [-0.39, 0.29) is 18.4 Å². The molecule has 3 heterocycles. The molecule has 1 N–H and O–H groups in total. The Balaban J connectivity index is 1.23. The van der Waals surface area contributed by atoms with Crippen LogP contribution in [-0.2, 0) is 24.3 Å². The summed E-state index contributed by atoms with van der Waals surface area (Å²) < 4.78 is 42.7. The molecule has 2 aromatic heterocycles. The number of aromatic nitrogens is 3. The number of fused-ring (bicyclic) bond motifs is 1. The van der Waals surface area contributed by atoms with Gasteiger partial charge in [-0.1, -0.05) is 41.9 Å². The molecule has 0 spiro atoms. The summed E-state index contributed by atoms with van der Waals surface area (Å²) in [6.07, 6.45) is 1.20. The highest BCUT2D eigenvalue weighted by Crippen LogP contribution is 2.29. The Morgan fingerprint density at radius 3 is 2.63 bits per heavy atom. The summed E-state index contributed by atoms with van der Waals surface area (Å²) in [5.41, 5.74) is 3.02. The standard InChI is InChI=1S/C31H24ClF2N3O4/c32-21-6-5-20(25(33)15-21)17-41-22-3-1-2-19(14-22)24-7-4-18(12-26(24)34)13-29-35-27-8-9-28(31(38)39)36-30(27)37(29)16-23-10-11-40-23/h1-9,12,14-15,23H,10-11,13,16-17H2,(H,38,39)/t23-/m0/s1. The van der Waals surface area contributed by atoms with Gasteiger partial charge in [0.15, 0.2) is 11.3 Å². The lowest BCUT2D eigenvalue weighted by Crippen LogP contribution is -2.32. The second kappa shape index (κ2) is 11.3. The first-order valence-electron chi connectivity index (χ1n) is 13.0. The van der Waals surface area contributed by atoms with Crippen molar-refractivity contribution in [3.63, 3.8) is 0 Å². The Morgan fingerprint density at radius 1 is 1.05 bits per heavy atom. The minimum atomic E-state index is -1.12. The predicted molar refractivity (Wildman–Crippen MR) is 149 cm³/mol. The molecule has 208 valence electrons. The molecule has 5 aromatic rings. The first-order valence-corrected chi connectivity index (χ1v) is 13.4. The van der Waals surface area contributed by atoms with Gasteiger partial charge >= 0.3 is 5.97 Å². The Labute approximate surface area is 239 Å². The van der Waals surface area contributed by atoms with E-state index < -0.39 is 17.6 Å². The number of aromatic carboxylic acids is 1. The van der Waals surface area contributed by atoms with E-state index in [1.807, 2.05) is 10.6 Å². The zero-order valence-corrected chi connectivity index (χ0v) is 22.4. The number of halogens is 3. The average Bonchev–Trinajstić information content (AvgIpc) is 3.26. The highest BCUT2D eigenvalue weighted by Gasteiger charge is 2.23. The lowest BCUT2D eigenvalue weighted by Gasteiger charge is -2.27. The van der Waals surface area contributed by atoms with Crippen molar-refractivity contribution in [3.8, 4) is 16.9 Å². The summed E-state index contributed by atoms with van der Waals surface area (Å²) in [6, 6.07) is 19.4. The first kappa shape index (κ1) is 26.9. The zero-order chi connectivity index (χ0) is 28.5. The molecule has 0 saturated carbocycles. The van der Waals surface area contributed by atoms with Crippen LogP contribution in [0, 0.1) is 11.6 Å². The molecule has 6 rings (SSSR count). The SMILES string of the molecule is O=C(O)c1ccc2nc(Cc3ccc(-c4cccc(OCc5ccc(Cl)cc5F)c4)c(F)c3)n(C[C@@H]3CCO3)c2n1. The van der Waals surface area contributed by atoms with E-state index in [1.54, 1.807) is 48.5 Å². The fraction of sp³-hybridized carbons (Fsp3) is 0.194. The van der Waals surface area contributed by atoms with Crippen molar-refractivity contribution in [2.75, 3.05) is 6.61 Å². The molecule has 41 heavy (non-hydrogen) atoms. The number of benzene rings is 3. The fourth-order valence-electron chi connectivity index (χ4n) is 4.77. The molecule has 3 aromatic carbocycles. The zero-order valence-electron chi connectivity index (χ0n) is 21.7. The number of imidazole rings is 1. The maximum absolute atomic E-state index is 15.4. The van der Waals surface area contributed by atoms with Crippen LogP contribution in [0.4, 0.5) is 8.78 Å². The molecule has 0 amide bonds. The van der Waals surface area contributed by atoms with Crippen molar-refractivity contribution in [1.29, 1.82) is 0 Å². The molecule has 0 aliphatic carbocycles. The Hall–Kier alpha value is -4.34. The van der Waals surface area contributed by atoms with Crippen LogP contribution >= 0.6 is 11.6 Å². The van der Waals surface area contributed by atoms with Gasteiger partial charge in [-0.15, -0.1) is 0 Å². The van der Waals surface area contributed by atoms with Crippen LogP contribution in [0.1, 0.15) is 33.9 Å². The van der Waals surface area contributed by atoms with Gasteiger partial charge in [-0.2, -0.15) is 0 Å². The highest BCUT2D eigenvalue weighted by atomic mass is 35.5. The number of carboxylic acid groups (broad SMARTS) is 1. The van der Waals surface area contributed by atoms with Gasteiger partial charge < -0.3 is 19.1 Å². The molecular weight excluding hydrogens is 552 g/mol. The van der Waals surface area contributed by atoms with Crippen molar-refractivity contribution in [2.24, 2.45) is 0 Å². The third-order valence-electron chi connectivity index (χ3n) is 7.02. The largest absolute Gasteiger partial charge is 0.489 e. The molecular formula is C31H24ClF2N3O4. The van der Waals surface area contributed by atoms with Crippen molar-refractivity contribution < 1.29 is 28.2 Å². The second-order valence-corrected chi connectivity index (χ2v) is 10.2. The number of hydrogen-bond acceptors (Lipinski definition) is 5. The van der Waals surface area contributed by atoms with Crippen LogP contribution < -0.4 is 4.74 Å². The smallest absolute Gasteiger partial charge is 0.354 e. The molecule has 1 aliphatic heterocycles. The number of pyridine rings is 1. The van der Waals surface area contributed by atoms with Crippen LogP contribution in [0.3, 0.4) is 0 Å². The molecule has 0 radical (unpaired) electrons. The van der Waals surface area contributed by atoms with E-state index in [2.05, 4.69) is 9.97 Å². The maximum Gasteiger partial charge on any atom is 0.354 e. The summed E-state index contributed by atoms with van der Waals surface area (Å²) in [7, 11) is 0. The summed E-state index contributed by atoms with van der Waals surface area (Å²) >= 11 is 5.82. The molecule has 1 atom stereocenters. The molecule has 0 unspecified atom stereocenters. The Morgan fingerprint density at radius 2 is 1.90 bits per heavy atom. The van der Waals surface area contributed by atoms with Gasteiger partial charge in [-0.25, -0.2) is 23.5 Å². The third-order valence-corrected chi connectivity index (χ3v) is 7.26. The van der Waals surface area contributed by atoms with Crippen LogP contribution in [0.5, 0.6) is 5.75 Å². The number of ether oxygens (including phenoxy) is 2. The number of rotatable bonds is 9. The van der Waals surface area contributed by atoms with E-state index in [0.29, 0.717) is 69.6 Å². The third kappa shape index (κ3) is 5.77. The van der Waals surface area contributed by atoms with Crippen molar-refractivity contribution in [2.45, 2.75) is 32.1 Å². The quantitative estimate of drug-likeness (QED) is 0.211. The molecule has 7 nitrogen and oxygen atoms in total. The number of nitrogens with zero attached hydrogens (tertiary/aromatic N) is 3. The van der Waals surface area contributed by atoms with E-state index in [1.165, 1.54) is 18.2 Å². The van der Waals surface area contributed by atoms with Crippen LogP contribution in [0.15, 0.2) is 72.8 Å². The molecule has 10 heteroatoms. The van der Waals surface area contributed by atoms with Gasteiger partial charge in [0.2, 0.25) is 0 Å². The van der Waals surface area contributed by atoms with Crippen molar-refractivity contribution in [3.05, 3.63) is 112 Å². The monoisotopic (exact) mass is 575 g/mol. The molecule has 1 aliphatic rings. The lowest BCUT2D eigenvalue weighted by atomic mass is 10.0.